The highest BCUT2D eigenvalue weighted by molar-refractivity contribution is 7.92. The Labute approximate surface area is 154 Å². The van der Waals surface area contributed by atoms with Crippen molar-refractivity contribution in [3.8, 4) is 5.75 Å². The summed E-state index contributed by atoms with van der Waals surface area (Å²) in [7, 11) is -2.02. The number of amides is 1. The van der Waals surface area contributed by atoms with Crippen molar-refractivity contribution in [2.24, 2.45) is 0 Å². The molecule has 0 radical (unpaired) electrons. The van der Waals surface area contributed by atoms with E-state index in [1.165, 1.54) is 0 Å². The van der Waals surface area contributed by atoms with Crippen molar-refractivity contribution in [2.45, 2.75) is 26.4 Å². The fraction of sp³-hybridized carbons (Fsp3) is 0.316. The normalized spacial score (nSPS) is 12.3. The highest BCUT2D eigenvalue weighted by atomic mass is 32.2. The number of nitrogens with one attached hydrogen (secondary N) is 1. The van der Waals surface area contributed by atoms with E-state index in [2.05, 4.69) is 5.32 Å². The number of sulfonamides is 1. The number of carbonyl (C=O) groups is 1. The highest BCUT2D eigenvalue weighted by Gasteiger charge is 2.28. The van der Waals surface area contributed by atoms with E-state index < -0.39 is 16.1 Å². The molecule has 140 valence electrons. The van der Waals surface area contributed by atoms with Crippen LogP contribution in [0.3, 0.4) is 0 Å². The number of ether oxygens (including phenoxy) is 1. The van der Waals surface area contributed by atoms with E-state index in [1.54, 1.807) is 38.3 Å². The van der Waals surface area contributed by atoms with Crippen molar-refractivity contribution in [3.05, 3.63) is 59.7 Å². The smallest absolute Gasteiger partial charge is 0.243 e. The molecule has 0 aliphatic rings. The van der Waals surface area contributed by atoms with Gasteiger partial charge in [0.2, 0.25) is 15.9 Å². The Morgan fingerprint density at radius 1 is 1.12 bits per heavy atom. The topological polar surface area (TPSA) is 75.7 Å². The Kier molecular flexibility index (Phi) is 6.26. The minimum Gasteiger partial charge on any atom is -0.497 e. The summed E-state index contributed by atoms with van der Waals surface area (Å²) in [6, 6.07) is 13.5. The summed E-state index contributed by atoms with van der Waals surface area (Å²) in [5, 5.41) is 2.78. The fourth-order valence-corrected chi connectivity index (χ4v) is 3.76. The monoisotopic (exact) mass is 376 g/mol. The Morgan fingerprint density at radius 2 is 1.69 bits per heavy atom. The number of hydrogen-bond donors (Lipinski definition) is 1. The second kappa shape index (κ2) is 8.23. The van der Waals surface area contributed by atoms with Gasteiger partial charge < -0.3 is 10.1 Å². The molecule has 0 saturated carbocycles. The summed E-state index contributed by atoms with van der Waals surface area (Å²) < 4.78 is 30.7. The molecule has 0 bridgehead atoms. The van der Waals surface area contributed by atoms with Crippen molar-refractivity contribution in [3.63, 3.8) is 0 Å². The Balaban J connectivity index is 2.12. The largest absolute Gasteiger partial charge is 0.497 e. The summed E-state index contributed by atoms with van der Waals surface area (Å²) in [4.78, 5) is 12.5. The maximum absolute atomic E-state index is 12.5. The van der Waals surface area contributed by atoms with Crippen molar-refractivity contribution in [1.82, 2.24) is 5.32 Å². The van der Waals surface area contributed by atoms with Crippen LogP contribution in [0.1, 0.15) is 18.1 Å². The van der Waals surface area contributed by atoms with Crippen molar-refractivity contribution in [2.75, 3.05) is 17.7 Å². The van der Waals surface area contributed by atoms with Gasteiger partial charge in [-0.2, -0.15) is 0 Å². The van der Waals surface area contributed by atoms with Gasteiger partial charge in [-0.1, -0.05) is 29.8 Å². The molecule has 1 atom stereocenters. The predicted molar refractivity (Wildman–Crippen MR) is 103 cm³/mol. The fourth-order valence-electron chi connectivity index (χ4n) is 2.58. The van der Waals surface area contributed by atoms with Gasteiger partial charge >= 0.3 is 0 Å². The molecule has 1 amide bonds. The van der Waals surface area contributed by atoms with Crippen LogP contribution >= 0.6 is 0 Å². The van der Waals surface area contributed by atoms with E-state index >= 15 is 0 Å². The van der Waals surface area contributed by atoms with Crippen LogP contribution in [0.25, 0.3) is 0 Å². The van der Waals surface area contributed by atoms with Crippen LogP contribution in [-0.2, 0) is 21.4 Å². The van der Waals surface area contributed by atoms with Crippen LogP contribution in [0, 0.1) is 6.92 Å². The molecule has 0 fully saturated rings. The third-order valence-electron chi connectivity index (χ3n) is 4.00. The van der Waals surface area contributed by atoms with Gasteiger partial charge in [0, 0.05) is 6.54 Å². The van der Waals surface area contributed by atoms with Crippen LogP contribution < -0.4 is 14.4 Å². The molecule has 1 N–H and O–H groups in total. The predicted octanol–water partition coefficient (Wildman–Crippen LogP) is 2.47. The zero-order chi connectivity index (χ0) is 19.3. The van der Waals surface area contributed by atoms with Crippen LogP contribution in [0.2, 0.25) is 0 Å². The number of aryl methyl sites for hydroxylation is 1. The second-order valence-corrected chi connectivity index (χ2v) is 8.00. The highest BCUT2D eigenvalue weighted by Crippen LogP contribution is 2.21. The molecular formula is C19H24N2O4S. The molecule has 0 aliphatic carbocycles. The first-order chi connectivity index (χ1) is 12.2. The quantitative estimate of drug-likeness (QED) is 0.805. The number of benzene rings is 2. The molecule has 6 nitrogen and oxygen atoms in total. The van der Waals surface area contributed by atoms with E-state index in [-0.39, 0.29) is 5.91 Å². The summed E-state index contributed by atoms with van der Waals surface area (Å²) in [6.07, 6.45) is 1.10. The summed E-state index contributed by atoms with van der Waals surface area (Å²) >= 11 is 0. The number of anilines is 1. The molecule has 7 heteroatoms. The van der Waals surface area contributed by atoms with Gasteiger partial charge in [0.25, 0.3) is 0 Å². The first-order valence-electron chi connectivity index (χ1n) is 8.19. The summed E-state index contributed by atoms with van der Waals surface area (Å²) in [6.45, 7) is 3.79. The molecule has 1 unspecified atom stereocenters. The lowest BCUT2D eigenvalue weighted by Crippen LogP contribution is -2.47. The summed E-state index contributed by atoms with van der Waals surface area (Å²) in [5.41, 5.74) is 2.37. The number of nitrogens with zero attached hydrogens (tertiary/aromatic N) is 1. The molecule has 2 aromatic carbocycles. The first kappa shape index (κ1) is 19.8. The number of rotatable bonds is 7. The Hall–Kier alpha value is -2.54. The van der Waals surface area contributed by atoms with Crippen LogP contribution in [0.5, 0.6) is 5.75 Å². The molecule has 0 aliphatic heterocycles. The van der Waals surface area contributed by atoms with Crippen LogP contribution in [0.4, 0.5) is 5.69 Å². The van der Waals surface area contributed by atoms with Crippen molar-refractivity contribution >= 4 is 21.6 Å². The van der Waals surface area contributed by atoms with Gasteiger partial charge in [0.1, 0.15) is 11.8 Å². The molecule has 0 heterocycles. The van der Waals surface area contributed by atoms with E-state index in [4.69, 9.17) is 4.74 Å². The third kappa shape index (κ3) is 4.98. The zero-order valence-electron chi connectivity index (χ0n) is 15.4. The molecule has 2 aromatic rings. The van der Waals surface area contributed by atoms with E-state index in [1.807, 2.05) is 31.2 Å². The molecule has 26 heavy (non-hydrogen) atoms. The number of hydrogen-bond acceptors (Lipinski definition) is 4. The average molecular weight is 376 g/mol. The Morgan fingerprint density at radius 3 is 2.19 bits per heavy atom. The first-order valence-corrected chi connectivity index (χ1v) is 10.0. The van der Waals surface area contributed by atoms with E-state index in [0.717, 1.165) is 27.4 Å². The van der Waals surface area contributed by atoms with Gasteiger partial charge in [-0.25, -0.2) is 8.42 Å². The van der Waals surface area contributed by atoms with Crippen LogP contribution in [-0.4, -0.2) is 33.7 Å². The third-order valence-corrected chi connectivity index (χ3v) is 5.24. The van der Waals surface area contributed by atoms with Gasteiger partial charge in [0.15, 0.2) is 0 Å². The Bertz CT molecular complexity index is 846. The average Bonchev–Trinajstić information content (AvgIpc) is 2.60. The number of methoxy groups -OCH3 is 1. The van der Waals surface area contributed by atoms with E-state index in [9.17, 15) is 13.2 Å². The van der Waals surface area contributed by atoms with Gasteiger partial charge in [-0.3, -0.25) is 9.10 Å². The molecule has 0 spiro atoms. The second-order valence-electron chi connectivity index (χ2n) is 6.14. The van der Waals surface area contributed by atoms with Crippen LogP contribution in [0.15, 0.2) is 48.5 Å². The molecular weight excluding hydrogens is 352 g/mol. The summed E-state index contributed by atoms with van der Waals surface area (Å²) in [5.74, 6) is 0.364. The minimum absolute atomic E-state index is 0.304. The lowest BCUT2D eigenvalue weighted by atomic mass is 10.2. The molecule has 0 aromatic heterocycles. The van der Waals surface area contributed by atoms with Gasteiger partial charge in [-0.05, 0) is 43.7 Å². The van der Waals surface area contributed by atoms with Crippen molar-refractivity contribution in [1.29, 1.82) is 0 Å². The van der Waals surface area contributed by atoms with E-state index in [0.29, 0.717) is 12.2 Å². The van der Waals surface area contributed by atoms with Gasteiger partial charge in [0.05, 0.1) is 19.1 Å². The lowest BCUT2D eigenvalue weighted by molar-refractivity contribution is -0.122. The lowest BCUT2D eigenvalue weighted by Gasteiger charge is -2.28. The zero-order valence-corrected chi connectivity index (χ0v) is 16.2. The number of carbonyl (C=O) groups excluding carboxylic acids is 1. The molecule has 2 rings (SSSR count). The van der Waals surface area contributed by atoms with Crippen molar-refractivity contribution < 1.29 is 17.9 Å². The minimum atomic E-state index is -3.61. The standard InChI is InChI=1S/C19H24N2O4S/c1-14-5-9-17(10-6-14)21(26(4,23)24)15(2)19(22)20-13-16-7-11-18(25-3)12-8-16/h5-12,15H,13H2,1-4H3,(H,20,22). The molecule has 0 saturated heterocycles. The van der Waals surface area contributed by atoms with Gasteiger partial charge in [-0.15, -0.1) is 0 Å². The SMILES string of the molecule is COc1ccc(CNC(=O)C(C)N(c2ccc(C)cc2)S(C)(=O)=O)cc1. The maximum Gasteiger partial charge on any atom is 0.243 e. The maximum atomic E-state index is 12.5.